The van der Waals surface area contributed by atoms with Crippen LogP contribution in [0, 0.1) is 6.92 Å². The van der Waals surface area contributed by atoms with Crippen LogP contribution in [0.5, 0.6) is 0 Å². The van der Waals surface area contributed by atoms with Crippen LogP contribution in [0.2, 0.25) is 0 Å². The van der Waals surface area contributed by atoms with E-state index in [2.05, 4.69) is 0 Å². The van der Waals surface area contributed by atoms with Gasteiger partial charge in [0.05, 0.1) is 17.2 Å². The highest BCUT2D eigenvalue weighted by Crippen LogP contribution is 2.51. The predicted molar refractivity (Wildman–Crippen MR) is 85.5 cm³/mol. The monoisotopic (exact) mass is 331 g/mol. The van der Waals surface area contributed by atoms with Gasteiger partial charge in [-0.3, -0.25) is 0 Å². The molecule has 0 aliphatic carbocycles. The van der Waals surface area contributed by atoms with E-state index in [0.717, 1.165) is 5.56 Å². The van der Waals surface area contributed by atoms with Crippen molar-refractivity contribution in [3.8, 4) is 0 Å². The van der Waals surface area contributed by atoms with Crippen molar-refractivity contribution in [2.45, 2.75) is 30.1 Å². The molecule has 2 heterocycles. The summed E-state index contributed by atoms with van der Waals surface area (Å²) in [5.74, 6) is 0. The van der Waals surface area contributed by atoms with E-state index in [-0.39, 0.29) is 4.90 Å². The second-order valence-corrected chi connectivity index (χ2v) is 7.84. The molecule has 2 atom stereocenters. The standard InChI is InChI=1S/C17H17NO4S/c1-12-6-8-13(9-7-12)23(20,21)18-15-5-3-2-4-14(15)17(19)10-11-22-16(17)18/h2-9,16,19H,10-11H2,1H3. The Labute approximate surface area is 135 Å². The zero-order valence-corrected chi connectivity index (χ0v) is 13.5. The lowest BCUT2D eigenvalue weighted by molar-refractivity contribution is -0.0239. The Hall–Kier alpha value is -1.89. The Morgan fingerprint density at radius 3 is 2.61 bits per heavy atom. The summed E-state index contributed by atoms with van der Waals surface area (Å²) in [7, 11) is -3.81. The third-order valence-electron chi connectivity index (χ3n) is 4.57. The van der Waals surface area contributed by atoms with Gasteiger partial charge in [-0.05, 0) is 25.1 Å². The van der Waals surface area contributed by atoms with Crippen LogP contribution in [0.3, 0.4) is 0 Å². The average Bonchev–Trinajstić information content (AvgIpc) is 3.01. The van der Waals surface area contributed by atoms with Crippen LogP contribution in [0.1, 0.15) is 17.5 Å². The molecule has 120 valence electrons. The molecule has 0 bridgehead atoms. The first-order valence-electron chi connectivity index (χ1n) is 7.49. The summed E-state index contributed by atoms with van der Waals surface area (Å²) < 4.78 is 33.1. The van der Waals surface area contributed by atoms with Crippen LogP contribution in [-0.4, -0.2) is 26.4 Å². The second-order valence-electron chi connectivity index (χ2n) is 6.03. The zero-order chi connectivity index (χ0) is 16.2. The number of para-hydroxylation sites is 1. The highest BCUT2D eigenvalue weighted by Gasteiger charge is 2.57. The number of rotatable bonds is 2. The SMILES string of the molecule is Cc1ccc(S(=O)(=O)N2c3ccccc3C3(O)CCOC23)cc1. The van der Waals surface area contributed by atoms with E-state index in [1.165, 1.54) is 4.31 Å². The molecule has 2 aliphatic rings. The Morgan fingerprint density at radius 1 is 1.17 bits per heavy atom. The average molecular weight is 331 g/mol. The van der Waals surface area contributed by atoms with E-state index in [0.29, 0.717) is 24.3 Å². The largest absolute Gasteiger partial charge is 0.380 e. The number of anilines is 1. The van der Waals surface area contributed by atoms with Crippen LogP contribution < -0.4 is 4.31 Å². The smallest absolute Gasteiger partial charge is 0.266 e. The van der Waals surface area contributed by atoms with Gasteiger partial charge in [-0.2, -0.15) is 0 Å². The number of benzene rings is 2. The molecule has 1 saturated heterocycles. The lowest BCUT2D eigenvalue weighted by Crippen LogP contribution is -2.44. The first-order chi connectivity index (χ1) is 10.9. The van der Waals surface area contributed by atoms with Crippen molar-refractivity contribution in [3.63, 3.8) is 0 Å². The molecule has 2 aromatic carbocycles. The highest BCUT2D eigenvalue weighted by atomic mass is 32.2. The number of fused-ring (bicyclic) bond motifs is 3. The predicted octanol–water partition coefficient (Wildman–Crippen LogP) is 2.14. The van der Waals surface area contributed by atoms with Crippen LogP contribution in [-0.2, 0) is 20.4 Å². The van der Waals surface area contributed by atoms with E-state index < -0.39 is 21.9 Å². The molecule has 2 aliphatic heterocycles. The molecule has 0 saturated carbocycles. The van der Waals surface area contributed by atoms with Gasteiger partial charge < -0.3 is 9.84 Å². The second kappa shape index (κ2) is 4.80. The minimum absolute atomic E-state index is 0.192. The zero-order valence-electron chi connectivity index (χ0n) is 12.6. The molecule has 5 nitrogen and oxygen atoms in total. The molecular formula is C17H17NO4S. The molecule has 1 N–H and O–H groups in total. The maximum Gasteiger partial charge on any atom is 0.266 e. The summed E-state index contributed by atoms with van der Waals surface area (Å²) >= 11 is 0. The van der Waals surface area contributed by atoms with Gasteiger partial charge in [0.15, 0.2) is 6.23 Å². The number of hydrogen-bond acceptors (Lipinski definition) is 4. The summed E-state index contributed by atoms with van der Waals surface area (Å²) in [6.07, 6.45) is -0.527. The van der Waals surface area contributed by atoms with Gasteiger partial charge in [0.2, 0.25) is 0 Å². The Kier molecular flexibility index (Phi) is 3.07. The topological polar surface area (TPSA) is 66.8 Å². The number of aliphatic hydroxyl groups is 1. The number of aryl methyl sites for hydroxylation is 1. The van der Waals surface area contributed by atoms with E-state index in [1.54, 1.807) is 48.5 Å². The molecule has 2 unspecified atom stereocenters. The molecule has 0 radical (unpaired) electrons. The van der Waals surface area contributed by atoms with Gasteiger partial charge in [0, 0.05) is 12.0 Å². The van der Waals surface area contributed by atoms with Crippen molar-refractivity contribution in [1.29, 1.82) is 0 Å². The first-order valence-corrected chi connectivity index (χ1v) is 8.93. The van der Waals surface area contributed by atoms with Crippen LogP contribution in [0.4, 0.5) is 5.69 Å². The summed E-state index contributed by atoms with van der Waals surface area (Å²) in [6, 6.07) is 13.7. The van der Waals surface area contributed by atoms with E-state index in [1.807, 2.05) is 6.92 Å². The number of ether oxygens (including phenoxy) is 1. The molecule has 2 aromatic rings. The fourth-order valence-corrected chi connectivity index (χ4v) is 4.97. The van der Waals surface area contributed by atoms with E-state index in [4.69, 9.17) is 4.74 Å². The Morgan fingerprint density at radius 2 is 1.87 bits per heavy atom. The molecule has 6 heteroatoms. The molecule has 0 amide bonds. The van der Waals surface area contributed by atoms with Gasteiger partial charge in [-0.15, -0.1) is 0 Å². The van der Waals surface area contributed by atoms with E-state index >= 15 is 0 Å². The van der Waals surface area contributed by atoms with Crippen molar-refractivity contribution in [2.75, 3.05) is 10.9 Å². The highest BCUT2D eigenvalue weighted by molar-refractivity contribution is 7.92. The number of sulfonamides is 1. The lowest BCUT2D eigenvalue weighted by Gasteiger charge is -2.28. The molecule has 0 aromatic heterocycles. The van der Waals surface area contributed by atoms with Crippen LogP contribution in [0.15, 0.2) is 53.4 Å². The van der Waals surface area contributed by atoms with Crippen molar-refractivity contribution in [1.82, 2.24) is 0 Å². The first kappa shape index (κ1) is 14.7. The van der Waals surface area contributed by atoms with Gasteiger partial charge in [0.25, 0.3) is 10.0 Å². The van der Waals surface area contributed by atoms with Crippen molar-refractivity contribution >= 4 is 15.7 Å². The summed E-state index contributed by atoms with van der Waals surface area (Å²) in [5, 5.41) is 11.0. The maximum atomic E-state index is 13.1. The van der Waals surface area contributed by atoms with E-state index in [9.17, 15) is 13.5 Å². The van der Waals surface area contributed by atoms with Gasteiger partial charge >= 0.3 is 0 Å². The van der Waals surface area contributed by atoms with Crippen molar-refractivity contribution in [3.05, 3.63) is 59.7 Å². The van der Waals surface area contributed by atoms with Crippen molar-refractivity contribution < 1.29 is 18.3 Å². The quantitative estimate of drug-likeness (QED) is 0.915. The molecule has 0 spiro atoms. The normalized spacial score (nSPS) is 26.2. The van der Waals surface area contributed by atoms with Crippen molar-refractivity contribution in [2.24, 2.45) is 0 Å². The number of nitrogens with zero attached hydrogens (tertiary/aromatic N) is 1. The summed E-state index contributed by atoms with van der Waals surface area (Å²) in [5.41, 5.74) is 0.798. The minimum atomic E-state index is -3.81. The lowest BCUT2D eigenvalue weighted by atomic mass is 9.93. The third-order valence-corrected chi connectivity index (χ3v) is 6.34. The third kappa shape index (κ3) is 1.95. The number of hydrogen-bond donors (Lipinski definition) is 1. The fourth-order valence-electron chi connectivity index (χ4n) is 3.35. The maximum absolute atomic E-state index is 13.1. The Balaban J connectivity index is 1.90. The minimum Gasteiger partial charge on any atom is -0.380 e. The molecule has 4 rings (SSSR count). The fraction of sp³-hybridized carbons (Fsp3) is 0.294. The van der Waals surface area contributed by atoms with Crippen LogP contribution in [0.25, 0.3) is 0 Å². The van der Waals surface area contributed by atoms with Gasteiger partial charge in [0.1, 0.15) is 5.60 Å². The summed E-state index contributed by atoms with van der Waals surface area (Å²) in [4.78, 5) is 0.192. The summed E-state index contributed by atoms with van der Waals surface area (Å²) in [6.45, 7) is 2.23. The molecule has 1 fully saturated rings. The molecular weight excluding hydrogens is 314 g/mol. The Bertz CT molecular complexity index is 862. The van der Waals surface area contributed by atoms with Gasteiger partial charge in [-0.1, -0.05) is 35.9 Å². The van der Waals surface area contributed by atoms with Gasteiger partial charge in [-0.25, -0.2) is 12.7 Å². The van der Waals surface area contributed by atoms with Crippen LogP contribution >= 0.6 is 0 Å². The molecule has 23 heavy (non-hydrogen) atoms.